The Morgan fingerprint density at radius 1 is 0.389 bits per heavy atom. The summed E-state index contributed by atoms with van der Waals surface area (Å²) in [4.78, 5) is 0. The Morgan fingerprint density at radius 2 is 0.741 bits per heavy atom. The second kappa shape index (κ2) is 14.7. The first-order valence-corrected chi connectivity index (χ1v) is 20.8. The molecule has 0 aromatic heterocycles. The third kappa shape index (κ3) is 5.49. The van der Waals surface area contributed by atoms with Crippen molar-refractivity contribution in [1.29, 1.82) is 0 Å². The Balaban J connectivity index is 0.00000150. The number of fused-ring (bicyclic) bond motifs is 8. The third-order valence-electron chi connectivity index (χ3n) is 11.9. The molecule has 0 saturated heterocycles. The molecule has 0 saturated carbocycles. The number of rotatable bonds is 6. The minimum Gasteiger partial charge on any atom is -0.358 e. The van der Waals surface area contributed by atoms with E-state index < -0.39 is 8.07 Å². The van der Waals surface area contributed by atoms with Crippen molar-refractivity contribution < 1.29 is 25.8 Å². The van der Waals surface area contributed by atoms with Gasteiger partial charge in [-0.1, -0.05) is 183 Å². The Morgan fingerprint density at radius 3 is 1.17 bits per heavy atom. The summed E-state index contributed by atoms with van der Waals surface area (Å²) in [5.74, 6) is 0. The molecule has 0 atom stereocenters. The fraction of sp³-hybridized carbons (Fsp3) is 0.0769. The summed E-state index contributed by atoms with van der Waals surface area (Å²) >= 11 is 0. The predicted molar refractivity (Wildman–Crippen MR) is 239 cm³/mol. The first-order chi connectivity index (χ1) is 25.2. The maximum Gasteiger partial charge on any atom is 4.00 e. The normalized spacial score (nSPS) is 11.6. The molecule has 0 aliphatic rings. The molecule has 2 heteroatoms. The number of hydrogen-bond acceptors (Lipinski definition) is 0. The molecule has 0 amide bonds. The molecular weight excluding hydrogens is 831 g/mol. The van der Waals surface area contributed by atoms with Gasteiger partial charge in [0.05, 0.1) is 0 Å². The zero-order valence-electron chi connectivity index (χ0n) is 31.6. The smallest absolute Gasteiger partial charge is 0.358 e. The minimum absolute atomic E-state index is 0. The summed E-state index contributed by atoms with van der Waals surface area (Å²) in [5, 5.41) is 19.2. The molecule has 0 aliphatic heterocycles. The van der Waals surface area contributed by atoms with Crippen LogP contribution in [0.15, 0.2) is 170 Å². The number of hydrogen-bond donors (Lipinski definition) is 0. The summed E-state index contributed by atoms with van der Waals surface area (Å²) in [6.07, 6.45) is 0. The van der Waals surface area contributed by atoms with Crippen LogP contribution in [0.2, 0.25) is 12.1 Å². The van der Waals surface area contributed by atoms with Crippen LogP contribution in [0.1, 0.15) is 13.8 Å². The van der Waals surface area contributed by atoms with E-state index in [0.717, 1.165) is 12.1 Å². The largest absolute Gasteiger partial charge is 4.00 e. The maximum atomic E-state index is 2.52. The van der Waals surface area contributed by atoms with Gasteiger partial charge in [-0.25, -0.2) is 0 Å². The second-order valence-corrected chi connectivity index (χ2v) is 18.8. The first kappa shape index (κ1) is 37.4. The van der Waals surface area contributed by atoms with Crippen LogP contribution in [0.3, 0.4) is 0 Å². The van der Waals surface area contributed by atoms with E-state index in [1.54, 1.807) is 10.4 Å². The molecule has 10 aromatic carbocycles. The molecule has 0 fully saturated rings. The van der Waals surface area contributed by atoms with Crippen LogP contribution >= 0.6 is 0 Å². The SMILES string of the molecule is CC[Si](CC)(c1c(-c2cccc3ccc4ccccc4c23)[cH-]c2ccccc12)c1c(-c2cccc3ccc4ccccc4c23)[cH-]c2ccccc12.[CH3-].[CH3-].[Hf+4]. The Labute approximate surface area is 339 Å². The van der Waals surface area contributed by atoms with Crippen molar-refractivity contribution in [2.24, 2.45) is 0 Å². The van der Waals surface area contributed by atoms with Crippen LogP contribution in [0.4, 0.5) is 0 Å². The van der Waals surface area contributed by atoms with Crippen molar-refractivity contribution in [2.45, 2.75) is 25.9 Å². The topological polar surface area (TPSA) is 0 Å². The standard InChI is InChI=1S/C50H38Si.2CH3.Hf/c1-3-51(4-2,49-41-23-11-7-17-37(41)31-45(49)43-25-13-19-35-29-27-33-15-5-9-21-39(33)47(35)43)50-42-24-12-8-18-38(42)32-46(50)44-26-14-20-36-30-28-34-16-6-10-22-40(34)48(36)44;;;/h5-32H,3-4H2,1-2H3;2*1H3;/q-2;2*-1;+4. The zero-order valence-corrected chi connectivity index (χ0v) is 36.2. The quantitative estimate of drug-likeness (QED) is 0.0887. The van der Waals surface area contributed by atoms with Gasteiger partial charge >= 0.3 is 25.8 Å². The van der Waals surface area contributed by atoms with Gasteiger partial charge in [-0.05, 0) is 43.1 Å². The first-order valence-electron chi connectivity index (χ1n) is 18.4. The van der Waals surface area contributed by atoms with Crippen LogP contribution in [0.5, 0.6) is 0 Å². The average Bonchev–Trinajstić information content (AvgIpc) is 3.78. The fourth-order valence-corrected chi connectivity index (χ4v) is 14.6. The van der Waals surface area contributed by atoms with Crippen molar-refractivity contribution in [2.75, 3.05) is 0 Å². The van der Waals surface area contributed by atoms with Crippen molar-refractivity contribution in [1.82, 2.24) is 0 Å². The van der Waals surface area contributed by atoms with E-state index in [4.69, 9.17) is 0 Å². The van der Waals surface area contributed by atoms with Crippen LogP contribution in [0.25, 0.3) is 86.9 Å². The molecule has 10 rings (SSSR count). The summed E-state index contributed by atoms with van der Waals surface area (Å²) < 4.78 is 0. The zero-order chi connectivity index (χ0) is 34.1. The number of benzene rings is 8. The monoisotopic (exact) mass is 876 g/mol. The van der Waals surface area contributed by atoms with Gasteiger partial charge in [0.25, 0.3) is 0 Å². The summed E-state index contributed by atoms with van der Waals surface area (Å²) in [7, 11) is -2.48. The molecule has 0 spiro atoms. The molecule has 0 N–H and O–H groups in total. The second-order valence-electron chi connectivity index (χ2n) is 14.2. The molecule has 0 heterocycles. The predicted octanol–water partition coefficient (Wildman–Crippen LogP) is 13.9. The molecule has 260 valence electrons. The maximum absolute atomic E-state index is 2.52. The Hall–Kier alpha value is -4.89. The molecule has 0 bridgehead atoms. The molecule has 0 aliphatic carbocycles. The van der Waals surface area contributed by atoms with Gasteiger partial charge in [-0.15, -0.1) is 67.3 Å². The molecular formula is C52H44HfSi. The van der Waals surface area contributed by atoms with E-state index in [9.17, 15) is 0 Å². The summed E-state index contributed by atoms with van der Waals surface area (Å²) in [6.45, 7) is 4.95. The van der Waals surface area contributed by atoms with Crippen molar-refractivity contribution >= 4 is 83.1 Å². The molecule has 0 nitrogen and oxygen atoms in total. The van der Waals surface area contributed by atoms with Crippen molar-refractivity contribution in [3.05, 3.63) is 185 Å². The molecule has 54 heavy (non-hydrogen) atoms. The van der Waals surface area contributed by atoms with E-state index in [2.05, 4.69) is 184 Å². The third-order valence-corrected chi connectivity index (χ3v) is 17.3. The van der Waals surface area contributed by atoms with Gasteiger partial charge in [0.1, 0.15) is 0 Å². The van der Waals surface area contributed by atoms with Gasteiger partial charge in [-0.3, -0.25) is 0 Å². The van der Waals surface area contributed by atoms with Gasteiger partial charge in [0, 0.05) is 8.07 Å². The van der Waals surface area contributed by atoms with Crippen LogP contribution in [-0.4, -0.2) is 8.07 Å². The fourth-order valence-electron chi connectivity index (χ4n) is 9.55. The van der Waals surface area contributed by atoms with Crippen molar-refractivity contribution in [3.63, 3.8) is 0 Å². The molecule has 10 aromatic rings. The van der Waals surface area contributed by atoms with Gasteiger partial charge in [-0.2, -0.15) is 0 Å². The van der Waals surface area contributed by atoms with Gasteiger partial charge in [0.2, 0.25) is 0 Å². The van der Waals surface area contributed by atoms with E-state index in [0.29, 0.717) is 0 Å². The summed E-state index contributed by atoms with van der Waals surface area (Å²) in [6, 6.07) is 66.5. The Bertz CT molecular complexity index is 2750. The van der Waals surface area contributed by atoms with E-state index in [-0.39, 0.29) is 40.7 Å². The van der Waals surface area contributed by atoms with Crippen molar-refractivity contribution in [3.8, 4) is 22.3 Å². The average molecular weight is 876 g/mol. The Kier molecular flexibility index (Phi) is 10.2. The van der Waals surface area contributed by atoms with Crippen LogP contribution < -0.4 is 10.4 Å². The van der Waals surface area contributed by atoms with Crippen LogP contribution in [-0.2, 0) is 25.8 Å². The van der Waals surface area contributed by atoms with Gasteiger partial charge < -0.3 is 14.9 Å². The van der Waals surface area contributed by atoms with E-state index in [1.165, 1.54) is 86.9 Å². The van der Waals surface area contributed by atoms with E-state index in [1.807, 2.05) is 0 Å². The summed E-state index contributed by atoms with van der Waals surface area (Å²) in [5.41, 5.74) is 5.52. The van der Waals surface area contributed by atoms with Gasteiger partial charge in [0.15, 0.2) is 0 Å². The minimum atomic E-state index is -2.48. The van der Waals surface area contributed by atoms with Crippen LogP contribution in [0, 0.1) is 14.9 Å². The van der Waals surface area contributed by atoms with E-state index >= 15 is 0 Å². The molecule has 0 unspecified atom stereocenters. The molecule has 0 radical (unpaired) electrons.